The Kier molecular flexibility index (Phi) is 4.59. The second-order valence-electron chi connectivity index (χ2n) is 5.81. The van der Waals surface area contributed by atoms with E-state index in [-0.39, 0.29) is 18.3 Å². The molecule has 1 aromatic rings. The van der Waals surface area contributed by atoms with E-state index in [0.29, 0.717) is 10.9 Å². The lowest BCUT2D eigenvalue weighted by molar-refractivity contribution is -0.137. The van der Waals surface area contributed by atoms with E-state index in [1.54, 1.807) is 7.11 Å². The van der Waals surface area contributed by atoms with Gasteiger partial charge in [0, 0.05) is 10.6 Å². The number of halogens is 1. The summed E-state index contributed by atoms with van der Waals surface area (Å²) in [5.74, 6) is 0.783. The van der Waals surface area contributed by atoms with Gasteiger partial charge >= 0.3 is 5.97 Å². The van der Waals surface area contributed by atoms with Crippen molar-refractivity contribution < 1.29 is 14.6 Å². The van der Waals surface area contributed by atoms with Crippen molar-refractivity contribution in [3.05, 3.63) is 28.3 Å². The van der Waals surface area contributed by atoms with Crippen molar-refractivity contribution in [2.75, 3.05) is 7.11 Å². The molecule has 1 atom stereocenters. The third-order valence-corrected chi connectivity index (χ3v) is 4.14. The highest BCUT2D eigenvalue weighted by Crippen LogP contribution is 2.48. The molecule has 1 aliphatic carbocycles. The van der Waals surface area contributed by atoms with Gasteiger partial charge in [-0.2, -0.15) is 0 Å². The Hall–Kier alpha value is -1.22. The first-order valence-electron chi connectivity index (χ1n) is 7.03. The fraction of sp³-hybridized carbons (Fsp3) is 0.562. The van der Waals surface area contributed by atoms with Gasteiger partial charge < -0.3 is 9.84 Å². The van der Waals surface area contributed by atoms with E-state index in [1.807, 2.05) is 12.1 Å². The fourth-order valence-electron chi connectivity index (χ4n) is 2.92. The first kappa shape index (κ1) is 15.2. The van der Waals surface area contributed by atoms with Crippen LogP contribution in [0.15, 0.2) is 12.1 Å². The monoisotopic (exact) mass is 296 g/mol. The van der Waals surface area contributed by atoms with E-state index in [9.17, 15) is 9.90 Å². The molecular weight excluding hydrogens is 276 g/mol. The van der Waals surface area contributed by atoms with Crippen molar-refractivity contribution >= 4 is 17.6 Å². The summed E-state index contributed by atoms with van der Waals surface area (Å²) in [5, 5.41) is 9.79. The van der Waals surface area contributed by atoms with Crippen LogP contribution in [-0.4, -0.2) is 18.2 Å². The predicted octanol–water partition coefficient (Wildman–Crippen LogP) is 4.44. The lowest BCUT2D eigenvalue weighted by Gasteiger charge is -2.23. The summed E-state index contributed by atoms with van der Waals surface area (Å²) in [5.41, 5.74) is 2.14. The van der Waals surface area contributed by atoms with Crippen LogP contribution in [0.1, 0.15) is 56.1 Å². The molecule has 1 unspecified atom stereocenters. The molecule has 0 amide bonds. The normalized spacial score (nSPS) is 16.2. The molecule has 0 radical (unpaired) electrons. The van der Waals surface area contributed by atoms with E-state index in [1.165, 1.54) is 0 Å². The van der Waals surface area contributed by atoms with Crippen LogP contribution in [0.4, 0.5) is 0 Å². The van der Waals surface area contributed by atoms with E-state index < -0.39 is 5.97 Å². The van der Waals surface area contributed by atoms with Gasteiger partial charge in [0.15, 0.2) is 0 Å². The Labute approximate surface area is 124 Å². The summed E-state index contributed by atoms with van der Waals surface area (Å²) in [6.07, 6.45) is 2.36. The average molecular weight is 297 g/mol. The van der Waals surface area contributed by atoms with Crippen LogP contribution in [0.5, 0.6) is 5.75 Å². The van der Waals surface area contributed by atoms with Crippen molar-refractivity contribution in [2.45, 2.75) is 44.9 Å². The third-order valence-electron chi connectivity index (χ3n) is 3.92. The number of rotatable bonds is 6. The molecule has 1 aliphatic rings. The molecule has 3 nitrogen and oxygen atoms in total. The summed E-state index contributed by atoms with van der Waals surface area (Å²) >= 11 is 6.18. The summed E-state index contributed by atoms with van der Waals surface area (Å²) < 4.78 is 5.45. The molecule has 0 aliphatic heterocycles. The van der Waals surface area contributed by atoms with Gasteiger partial charge in [0.2, 0.25) is 0 Å². The van der Waals surface area contributed by atoms with Gasteiger partial charge in [0.1, 0.15) is 5.75 Å². The van der Waals surface area contributed by atoms with Crippen LogP contribution >= 0.6 is 11.6 Å². The van der Waals surface area contributed by atoms with Crippen molar-refractivity contribution in [2.24, 2.45) is 5.92 Å². The highest BCUT2D eigenvalue weighted by atomic mass is 35.5. The number of aliphatic carboxylic acids is 1. The zero-order valence-electron chi connectivity index (χ0n) is 12.1. The number of methoxy groups -OCH3 is 1. The van der Waals surface area contributed by atoms with Gasteiger partial charge in [-0.1, -0.05) is 25.4 Å². The second-order valence-corrected chi connectivity index (χ2v) is 6.24. The molecule has 0 saturated heterocycles. The van der Waals surface area contributed by atoms with Crippen molar-refractivity contribution in [3.8, 4) is 5.75 Å². The van der Waals surface area contributed by atoms with E-state index in [0.717, 1.165) is 29.7 Å². The lowest BCUT2D eigenvalue weighted by Crippen LogP contribution is -2.12. The Bertz CT molecular complexity index is 507. The molecule has 20 heavy (non-hydrogen) atoms. The summed E-state index contributed by atoms with van der Waals surface area (Å²) in [6.45, 7) is 4.19. The Morgan fingerprint density at radius 1 is 1.45 bits per heavy atom. The molecule has 1 N–H and O–H groups in total. The van der Waals surface area contributed by atoms with E-state index in [4.69, 9.17) is 16.3 Å². The number of ether oxygens (including phenoxy) is 1. The Morgan fingerprint density at radius 2 is 2.10 bits per heavy atom. The van der Waals surface area contributed by atoms with Crippen molar-refractivity contribution in [1.29, 1.82) is 0 Å². The highest BCUT2D eigenvalue weighted by Gasteiger charge is 2.36. The quantitative estimate of drug-likeness (QED) is 0.844. The van der Waals surface area contributed by atoms with Crippen LogP contribution in [0, 0.1) is 5.92 Å². The van der Waals surface area contributed by atoms with Crippen molar-refractivity contribution in [3.63, 3.8) is 0 Å². The molecule has 1 saturated carbocycles. The number of carboxylic acid groups (broad SMARTS) is 1. The maximum Gasteiger partial charge on any atom is 0.303 e. The maximum absolute atomic E-state index is 11.2. The summed E-state index contributed by atoms with van der Waals surface area (Å²) in [6, 6.07) is 3.73. The highest BCUT2D eigenvalue weighted by molar-refractivity contribution is 6.30. The van der Waals surface area contributed by atoms with Gasteiger partial charge in [-0.15, -0.1) is 0 Å². The second kappa shape index (κ2) is 6.04. The standard InChI is InChI=1S/C16H21ClO3/c1-9(2)16-13(6-11(17)7-14(16)20-3)12(8-15(18)19)10-4-5-10/h6-7,9-10,12H,4-5,8H2,1-3H3,(H,18,19). The largest absolute Gasteiger partial charge is 0.496 e. The minimum Gasteiger partial charge on any atom is -0.496 e. The zero-order chi connectivity index (χ0) is 14.9. The van der Waals surface area contributed by atoms with E-state index in [2.05, 4.69) is 13.8 Å². The van der Waals surface area contributed by atoms with E-state index >= 15 is 0 Å². The Morgan fingerprint density at radius 3 is 2.55 bits per heavy atom. The number of hydrogen-bond donors (Lipinski definition) is 1. The van der Waals surface area contributed by atoms with Crippen LogP contribution in [0.25, 0.3) is 0 Å². The molecule has 1 aromatic carbocycles. The number of hydrogen-bond acceptors (Lipinski definition) is 2. The van der Waals surface area contributed by atoms with Crippen LogP contribution < -0.4 is 4.74 Å². The minimum absolute atomic E-state index is 0.0394. The number of carboxylic acids is 1. The molecule has 110 valence electrons. The molecule has 0 heterocycles. The molecule has 4 heteroatoms. The fourth-order valence-corrected chi connectivity index (χ4v) is 3.14. The number of benzene rings is 1. The molecule has 0 spiro atoms. The van der Waals surface area contributed by atoms with Gasteiger partial charge in [0.25, 0.3) is 0 Å². The summed E-state index contributed by atoms with van der Waals surface area (Å²) in [7, 11) is 1.63. The molecular formula is C16H21ClO3. The van der Waals surface area contributed by atoms with Gasteiger partial charge in [0.05, 0.1) is 13.5 Å². The first-order valence-corrected chi connectivity index (χ1v) is 7.41. The Balaban J connectivity index is 2.51. The smallest absolute Gasteiger partial charge is 0.303 e. The number of carbonyl (C=O) groups is 1. The van der Waals surface area contributed by atoms with Crippen LogP contribution in [0.3, 0.4) is 0 Å². The molecule has 2 rings (SSSR count). The lowest BCUT2D eigenvalue weighted by atomic mass is 9.83. The zero-order valence-corrected chi connectivity index (χ0v) is 12.9. The van der Waals surface area contributed by atoms with Gasteiger partial charge in [-0.05, 0) is 48.3 Å². The minimum atomic E-state index is -0.754. The molecule has 0 bridgehead atoms. The first-order chi connectivity index (χ1) is 9.43. The average Bonchev–Trinajstić information content (AvgIpc) is 3.18. The molecule has 0 aromatic heterocycles. The van der Waals surface area contributed by atoms with Gasteiger partial charge in [-0.3, -0.25) is 4.79 Å². The van der Waals surface area contributed by atoms with Crippen LogP contribution in [0.2, 0.25) is 5.02 Å². The predicted molar refractivity (Wildman–Crippen MR) is 79.8 cm³/mol. The van der Waals surface area contributed by atoms with Crippen molar-refractivity contribution in [1.82, 2.24) is 0 Å². The third kappa shape index (κ3) is 3.26. The molecule has 1 fully saturated rings. The maximum atomic E-state index is 11.2. The van der Waals surface area contributed by atoms with Gasteiger partial charge in [-0.25, -0.2) is 0 Å². The topological polar surface area (TPSA) is 46.5 Å². The SMILES string of the molecule is COc1cc(Cl)cc(C(CC(=O)O)C2CC2)c1C(C)C. The van der Waals surface area contributed by atoms with Crippen LogP contribution in [-0.2, 0) is 4.79 Å². The summed E-state index contributed by atoms with van der Waals surface area (Å²) in [4.78, 5) is 11.2.